The summed E-state index contributed by atoms with van der Waals surface area (Å²) < 4.78 is 16.6. The van der Waals surface area contributed by atoms with Crippen molar-refractivity contribution in [3.05, 3.63) is 162 Å². The van der Waals surface area contributed by atoms with Gasteiger partial charge in [0.2, 0.25) is 17.7 Å². The molecule has 0 bridgehead atoms. The van der Waals surface area contributed by atoms with Crippen molar-refractivity contribution in [2.45, 2.75) is 96.2 Å². The SMILES string of the molecule is CC(C)(C)Oc1ccc(C[C@@H](N)C(=O)N[C@H](/C=C/[C@@H](CCCNC(=O)OCc2ccccc2)C(=O)N[C@@H](Cc2ccc3ccccc3c2)C(=O)NCC(=O)O)CCCNC(=O)OCc2ccccc2)cc1. The van der Waals surface area contributed by atoms with E-state index in [9.17, 15) is 33.9 Å². The Morgan fingerprint density at radius 2 is 1.15 bits per heavy atom. The van der Waals surface area contributed by atoms with Crippen LogP contribution in [0.1, 0.15) is 68.7 Å². The molecule has 5 aromatic carbocycles. The van der Waals surface area contributed by atoms with Crippen molar-refractivity contribution in [2.75, 3.05) is 19.6 Å². The second-order valence-electron chi connectivity index (χ2n) is 18.1. The number of carbonyl (C=O) groups excluding carboxylic acids is 5. The highest BCUT2D eigenvalue weighted by atomic mass is 16.6. The van der Waals surface area contributed by atoms with Gasteiger partial charge < -0.3 is 51.6 Å². The molecule has 16 heteroatoms. The number of nitrogens with one attached hydrogen (secondary N) is 5. The van der Waals surface area contributed by atoms with Crippen molar-refractivity contribution in [3.8, 4) is 5.75 Å². The molecule has 8 N–H and O–H groups in total. The molecule has 0 heterocycles. The Morgan fingerprint density at radius 3 is 1.75 bits per heavy atom. The molecule has 0 aliphatic heterocycles. The summed E-state index contributed by atoms with van der Waals surface area (Å²) in [7, 11) is 0. The van der Waals surface area contributed by atoms with E-state index < -0.39 is 66.5 Å². The molecule has 0 saturated carbocycles. The van der Waals surface area contributed by atoms with Gasteiger partial charge >= 0.3 is 18.2 Å². The van der Waals surface area contributed by atoms with Crippen LogP contribution in [0.15, 0.2) is 140 Å². The summed E-state index contributed by atoms with van der Waals surface area (Å²) in [6.45, 7) is 5.72. The van der Waals surface area contributed by atoms with E-state index in [1.807, 2.05) is 148 Å². The van der Waals surface area contributed by atoms with Gasteiger partial charge in [-0.3, -0.25) is 19.2 Å². The highest BCUT2D eigenvalue weighted by Gasteiger charge is 2.26. The third kappa shape index (κ3) is 20.4. The van der Waals surface area contributed by atoms with Crippen LogP contribution in [0.5, 0.6) is 5.75 Å². The van der Waals surface area contributed by atoms with Crippen molar-refractivity contribution in [1.82, 2.24) is 26.6 Å². The predicted octanol–water partition coefficient (Wildman–Crippen LogP) is 6.89. The highest BCUT2D eigenvalue weighted by molar-refractivity contribution is 5.91. The Labute approximate surface area is 415 Å². The van der Waals surface area contributed by atoms with Crippen LogP contribution in [0.4, 0.5) is 9.59 Å². The van der Waals surface area contributed by atoms with Crippen molar-refractivity contribution < 1.29 is 48.1 Å². The minimum atomic E-state index is -1.25. The quantitative estimate of drug-likeness (QED) is 0.0223. The van der Waals surface area contributed by atoms with E-state index in [4.69, 9.17) is 19.9 Å². The maximum Gasteiger partial charge on any atom is 0.407 e. The van der Waals surface area contributed by atoms with Gasteiger partial charge in [-0.2, -0.15) is 0 Å². The molecule has 16 nitrogen and oxygen atoms in total. The molecular formula is C55H66N6O10. The number of nitrogens with two attached hydrogens (primary N) is 1. The Kier molecular flexibility index (Phi) is 21.4. The zero-order valence-corrected chi connectivity index (χ0v) is 40.6. The van der Waals surface area contributed by atoms with Crippen LogP contribution in [-0.2, 0) is 54.7 Å². The van der Waals surface area contributed by atoms with Crippen molar-refractivity contribution >= 4 is 46.6 Å². The number of carboxylic acid groups (broad SMARTS) is 1. The first-order chi connectivity index (χ1) is 34.1. The number of carboxylic acids is 1. The monoisotopic (exact) mass is 970 g/mol. The lowest BCUT2D eigenvalue weighted by Gasteiger charge is -2.23. The molecule has 4 atom stereocenters. The van der Waals surface area contributed by atoms with Crippen LogP contribution in [0, 0.1) is 5.92 Å². The first-order valence-corrected chi connectivity index (χ1v) is 23.8. The number of hydrogen-bond acceptors (Lipinski definition) is 10. The van der Waals surface area contributed by atoms with Crippen LogP contribution >= 0.6 is 0 Å². The molecule has 0 saturated heterocycles. The molecule has 376 valence electrons. The Bertz CT molecular complexity index is 2530. The number of fused-ring (bicyclic) bond motifs is 1. The van der Waals surface area contributed by atoms with Gasteiger partial charge in [0.15, 0.2) is 0 Å². The molecule has 5 rings (SSSR count). The second-order valence-corrected chi connectivity index (χ2v) is 18.1. The van der Waals surface area contributed by atoms with E-state index in [1.165, 1.54) is 0 Å². The molecule has 0 fully saturated rings. The second kappa shape index (κ2) is 28.1. The van der Waals surface area contributed by atoms with Crippen molar-refractivity contribution in [2.24, 2.45) is 11.7 Å². The van der Waals surface area contributed by atoms with E-state index in [-0.39, 0.29) is 51.2 Å². The third-order valence-corrected chi connectivity index (χ3v) is 11.0. The van der Waals surface area contributed by atoms with E-state index in [1.54, 1.807) is 12.2 Å². The van der Waals surface area contributed by atoms with Crippen LogP contribution in [0.2, 0.25) is 0 Å². The average Bonchev–Trinajstić information content (AvgIpc) is 3.35. The number of amides is 5. The number of ether oxygens (including phenoxy) is 3. The number of aliphatic carboxylic acids is 1. The summed E-state index contributed by atoms with van der Waals surface area (Å²) in [5, 5.41) is 25.0. The first-order valence-electron chi connectivity index (χ1n) is 23.8. The topological polar surface area (TPSA) is 237 Å². The molecule has 0 radical (unpaired) electrons. The fraction of sp³-hybridized carbons (Fsp3) is 0.345. The van der Waals surface area contributed by atoms with Gasteiger partial charge in [-0.25, -0.2) is 9.59 Å². The summed E-state index contributed by atoms with van der Waals surface area (Å²) in [5.41, 5.74) is 9.29. The molecule has 5 aromatic rings. The molecule has 0 unspecified atom stereocenters. The predicted molar refractivity (Wildman–Crippen MR) is 271 cm³/mol. The fourth-order valence-electron chi connectivity index (χ4n) is 7.43. The standard InChI is InChI=1S/C55H66N6O10/c1-55(2,3)71-46-28-23-38(24-29-46)33-47(56)51(65)60-45(21-13-31-58-54(68)70-37-40-16-8-5-9-17-40)27-26-43(20-12-30-57-53(67)69-36-39-14-6-4-7-15-39)50(64)61-48(52(66)59-35-49(62)63)34-41-22-25-42-18-10-11-19-44(42)32-41/h4-11,14-19,22-29,32,43,45,47-48H,12-13,20-21,30-31,33-37,56H2,1-3H3,(H,57,67)(H,58,68)(H,59,66)(H,60,65)(H,61,64)(H,62,63)/b27-26+/t43-,45+,47-,48+/m1/s1. The van der Waals surface area contributed by atoms with E-state index >= 15 is 0 Å². The van der Waals surface area contributed by atoms with Crippen molar-refractivity contribution in [1.29, 1.82) is 0 Å². The Balaban J connectivity index is 1.33. The van der Waals surface area contributed by atoms with Crippen LogP contribution in [-0.4, -0.2) is 84.3 Å². The molecule has 0 aliphatic rings. The van der Waals surface area contributed by atoms with Crippen LogP contribution in [0.25, 0.3) is 10.8 Å². The largest absolute Gasteiger partial charge is 0.488 e. The molecule has 5 amide bonds. The van der Waals surface area contributed by atoms with Gasteiger partial charge in [0.05, 0.1) is 12.0 Å². The first kappa shape index (κ1) is 54.2. The third-order valence-electron chi connectivity index (χ3n) is 11.0. The van der Waals surface area contributed by atoms with Gasteiger partial charge in [0, 0.05) is 25.6 Å². The summed E-state index contributed by atoms with van der Waals surface area (Å²) >= 11 is 0. The number of hydrogen-bond donors (Lipinski definition) is 7. The summed E-state index contributed by atoms with van der Waals surface area (Å²) in [4.78, 5) is 78.3. The van der Waals surface area contributed by atoms with Crippen LogP contribution in [0.3, 0.4) is 0 Å². The molecule has 71 heavy (non-hydrogen) atoms. The maximum atomic E-state index is 14.4. The zero-order chi connectivity index (χ0) is 51.0. The normalized spacial score (nSPS) is 13.0. The number of alkyl carbamates (subject to hydrolysis) is 2. The number of benzene rings is 5. The molecule has 0 spiro atoms. The van der Waals surface area contributed by atoms with E-state index in [0.29, 0.717) is 25.0 Å². The van der Waals surface area contributed by atoms with Gasteiger partial charge in [-0.15, -0.1) is 0 Å². The van der Waals surface area contributed by atoms with Crippen LogP contribution < -0.4 is 37.1 Å². The molecule has 0 aromatic heterocycles. The Hall–Kier alpha value is -7.72. The fourth-order valence-corrected chi connectivity index (χ4v) is 7.43. The molecular weight excluding hydrogens is 905 g/mol. The summed E-state index contributed by atoms with van der Waals surface area (Å²) in [5.74, 6) is -3.16. The number of carbonyl (C=O) groups is 6. The number of rotatable bonds is 26. The minimum absolute atomic E-state index is 0.0525. The van der Waals surface area contributed by atoms with Gasteiger partial charge in [0.25, 0.3) is 0 Å². The van der Waals surface area contributed by atoms with E-state index in [0.717, 1.165) is 33.0 Å². The average molecular weight is 971 g/mol. The molecule has 0 aliphatic carbocycles. The van der Waals surface area contributed by atoms with E-state index in [2.05, 4.69) is 26.6 Å². The smallest absolute Gasteiger partial charge is 0.407 e. The van der Waals surface area contributed by atoms with Gasteiger partial charge in [0.1, 0.15) is 37.2 Å². The van der Waals surface area contributed by atoms with Gasteiger partial charge in [-0.05, 0) is 98.0 Å². The maximum absolute atomic E-state index is 14.4. The minimum Gasteiger partial charge on any atom is -0.488 e. The van der Waals surface area contributed by atoms with Crippen molar-refractivity contribution in [3.63, 3.8) is 0 Å². The Morgan fingerprint density at radius 1 is 0.592 bits per heavy atom. The lowest BCUT2D eigenvalue weighted by molar-refractivity contribution is -0.138. The lowest BCUT2D eigenvalue weighted by atomic mass is 9.97. The van der Waals surface area contributed by atoms with Gasteiger partial charge in [-0.1, -0.05) is 127 Å². The lowest BCUT2D eigenvalue weighted by Crippen LogP contribution is -2.50. The summed E-state index contributed by atoms with van der Waals surface area (Å²) in [6, 6.07) is 36.4. The highest BCUT2D eigenvalue weighted by Crippen LogP contribution is 2.20. The summed E-state index contributed by atoms with van der Waals surface area (Å²) in [6.07, 6.45) is 3.56. The zero-order valence-electron chi connectivity index (χ0n) is 40.6.